The molecular formula is C20H23N4O+. The summed E-state index contributed by atoms with van der Waals surface area (Å²) in [6.07, 6.45) is 0. The van der Waals surface area contributed by atoms with E-state index in [2.05, 4.69) is 51.5 Å². The van der Waals surface area contributed by atoms with Crippen LogP contribution in [0.1, 0.15) is 0 Å². The van der Waals surface area contributed by atoms with Gasteiger partial charge in [-0.2, -0.15) is 0 Å². The van der Waals surface area contributed by atoms with Crippen molar-refractivity contribution in [3.63, 3.8) is 0 Å². The number of rotatable bonds is 4. The second kappa shape index (κ2) is 7.17. The lowest BCUT2D eigenvalue weighted by atomic mass is 10.0. The van der Waals surface area contributed by atoms with Crippen molar-refractivity contribution in [2.24, 2.45) is 0 Å². The summed E-state index contributed by atoms with van der Waals surface area (Å²) in [5, 5.41) is 20.6. The van der Waals surface area contributed by atoms with Crippen molar-refractivity contribution < 1.29 is 10.0 Å². The minimum Gasteiger partial charge on any atom is -0.391 e. The minimum absolute atomic E-state index is 0.254. The molecule has 1 aliphatic rings. The molecule has 1 fully saturated rings. The Morgan fingerprint density at radius 3 is 2.28 bits per heavy atom. The van der Waals surface area contributed by atoms with Gasteiger partial charge in [0.15, 0.2) is 5.82 Å². The smallest absolute Gasteiger partial charge is 0.159 e. The molecule has 0 amide bonds. The Bertz CT molecular complexity index is 845. The van der Waals surface area contributed by atoms with Gasteiger partial charge in [0.05, 0.1) is 32.8 Å². The second-order valence-corrected chi connectivity index (χ2v) is 6.49. The van der Waals surface area contributed by atoms with Gasteiger partial charge in [-0.3, -0.25) is 0 Å². The van der Waals surface area contributed by atoms with Gasteiger partial charge < -0.3 is 14.9 Å². The summed E-state index contributed by atoms with van der Waals surface area (Å²) >= 11 is 0. The Balaban J connectivity index is 1.70. The van der Waals surface area contributed by atoms with Crippen LogP contribution in [0.25, 0.3) is 22.0 Å². The first-order valence-corrected chi connectivity index (χ1v) is 8.87. The Hall–Kier alpha value is -2.50. The van der Waals surface area contributed by atoms with Crippen LogP contribution in [0, 0.1) is 0 Å². The lowest BCUT2D eigenvalue weighted by molar-refractivity contribution is -0.900. The molecule has 128 valence electrons. The summed E-state index contributed by atoms with van der Waals surface area (Å²) in [4.78, 5) is 3.78. The first kappa shape index (κ1) is 16.0. The number of hydrogen-bond acceptors (Lipinski definition) is 4. The monoisotopic (exact) mass is 335 g/mol. The molecule has 0 spiro atoms. The molecule has 0 saturated carbocycles. The number of quaternary nitrogens is 1. The van der Waals surface area contributed by atoms with E-state index in [9.17, 15) is 0 Å². The van der Waals surface area contributed by atoms with E-state index in [0.717, 1.165) is 60.6 Å². The highest BCUT2D eigenvalue weighted by atomic mass is 16.3. The molecule has 2 aromatic carbocycles. The maximum atomic E-state index is 9.12. The highest BCUT2D eigenvalue weighted by molar-refractivity contribution is 6.00. The molecule has 0 unspecified atom stereocenters. The summed E-state index contributed by atoms with van der Waals surface area (Å²) in [7, 11) is 0. The van der Waals surface area contributed by atoms with Gasteiger partial charge in [-0.15, -0.1) is 10.2 Å². The molecule has 2 heterocycles. The van der Waals surface area contributed by atoms with Crippen LogP contribution in [-0.2, 0) is 0 Å². The normalized spacial score (nSPS) is 15.6. The number of benzene rings is 2. The second-order valence-electron chi connectivity index (χ2n) is 6.49. The molecule has 25 heavy (non-hydrogen) atoms. The van der Waals surface area contributed by atoms with Crippen molar-refractivity contribution >= 4 is 16.6 Å². The van der Waals surface area contributed by atoms with Crippen molar-refractivity contribution in [1.29, 1.82) is 0 Å². The van der Waals surface area contributed by atoms with Gasteiger partial charge in [-0.1, -0.05) is 54.6 Å². The van der Waals surface area contributed by atoms with Crippen LogP contribution in [0.2, 0.25) is 0 Å². The average Bonchev–Trinajstić information content (AvgIpc) is 2.69. The van der Waals surface area contributed by atoms with Crippen LogP contribution in [0.3, 0.4) is 0 Å². The fourth-order valence-electron chi connectivity index (χ4n) is 3.58. The standard InChI is InChI=1S/C20H22N4O/c25-15-14-23-10-12-24(13-11-23)20-18-9-5-4-8-17(18)19(21-22-20)16-6-2-1-3-7-16/h1-9,25H,10-15H2/p+1. The number of aliphatic hydroxyl groups excluding tert-OH is 1. The highest BCUT2D eigenvalue weighted by Crippen LogP contribution is 2.31. The van der Waals surface area contributed by atoms with Crippen LogP contribution < -0.4 is 9.80 Å². The van der Waals surface area contributed by atoms with Gasteiger partial charge in [0.1, 0.15) is 12.2 Å². The van der Waals surface area contributed by atoms with Gasteiger partial charge >= 0.3 is 0 Å². The van der Waals surface area contributed by atoms with Gasteiger partial charge in [0.2, 0.25) is 0 Å². The van der Waals surface area contributed by atoms with E-state index in [1.807, 2.05) is 18.2 Å². The Labute approximate surface area is 147 Å². The minimum atomic E-state index is 0.254. The number of aromatic nitrogens is 2. The molecule has 0 aliphatic carbocycles. The van der Waals surface area contributed by atoms with Crippen LogP contribution in [0.4, 0.5) is 5.82 Å². The van der Waals surface area contributed by atoms with Crippen molar-refractivity contribution in [2.75, 3.05) is 44.2 Å². The van der Waals surface area contributed by atoms with Gasteiger partial charge in [-0.25, -0.2) is 0 Å². The third-order valence-corrected chi connectivity index (χ3v) is 4.95. The highest BCUT2D eigenvalue weighted by Gasteiger charge is 2.23. The van der Waals surface area contributed by atoms with Gasteiger partial charge in [-0.05, 0) is 0 Å². The fraction of sp³-hybridized carbons (Fsp3) is 0.300. The number of aliphatic hydroxyl groups is 1. The zero-order chi connectivity index (χ0) is 17.1. The van der Waals surface area contributed by atoms with Crippen LogP contribution in [0.15, 0.2) is 54.6 Å². The lowest BCUT2D eigenvalue weighted by Crippen LogP contribution is -3.15. The fourth-order valence-corrected chi connectivity index (χ4v) is 3.58. The Kier molecular flexibility index (Phi) is 4.59. The summed E-state index contributed by atoms with van der Waals surface area (Å²) in [5.41, 5.74) is 2.03. The van der Waals surface area contributed by atoms with Gasteiger partial charge in [0, 0.05) is 16.3 Å². The first-order valence-electron chi connectivity index (χ1n) is 8.87. The maximum absolute atomic E-state index is 9.12. The predicted molar refractivity (Wildman–Crippen MR) is 99.8 cm³/mol. The van der Waals surface area contributed by atoms with Crippen molar-refractivity contribution in [3.05, 3.63) is 54.6 Å². The molecule has 0 bridgehead atoms. The lowest BCUT2D eigenvalue weighted by Gasteiger charge is -2.33. The number of nitrogens with one attached hydrogen (secondary N) is 1. The first-order chi connectivity index (χ1) is 12.4. The van der Waals surface area contributed by atoms with E-state index in [4.69, 9.17) is 5.11 Å². The molecule has 3 aromatic rings. The van der Waals surface area contributed by atoms with Gasteiger partial charge in [0.25, 0.3) is 0 Å². The number of fused-ring (bicyclic) bond motifs is 1. The van der Waals surface area contributed by atoms with E-state index < -0.39 is 0 Å². The topological polar surface area (TPSA) is 53.7 Å². The number of piperazine rings is 1. The molecule has 1 saturated heterocycles. The molecule has 5 heteroatoms. The summed E-state index contributed by atoms with van der Waals surface area (Å²) in [5.74, 6) is 0.971. The zero-order valence-electron chi connectivity index (χ0n) is 14.2. The maximum Gasteiger partial charge on any atom is 0.159 e. The van der Waals surface area contributed by atoms with E-state index in [-0.39, 0.29) is 6.61 Å². The Morgan fingerprint density at radius 2 is 1.56 bits per heavy atom. The van der Waals surface area contributed by atoms with Crippen molar-refractivity contribution in [3.8, 4) is 11.3 Å². The molecule has 1 aromatic heterocycles. The predicted octanol–water partition coefficient (Wildman–Crippen LogP) is 0.994. The number of hydrogen-bond donors (Lipinski definition) is 2. The third kappa shape index (κ3) is 3.21. The van der Waals surface area contributed by atoms with E-state index >= 15 is 0 Å². The molecular weight excluding hydrogens is 312 g/mol. The number of nitrogens with zero attached hydrogens (tertiary/aromatic N) is 3. The zero-order valence-corrected chi connectivity index (χ0v) is 14.2. The molecule has 2 N–H and O–H groups in total. The molecule has 5 nitrogen and oxygen atoms in total. The largest absolute Gasteiger partial charge is 0.391 e. The number of anilines is 1. The Morgan fingerprint density at radius 1 is 0.880 bits per heavy atom. The summed E-state index contributed by atoms with van der Waals surface area (Å²) < 4.78 is 0. The molecule has 1 aliphatic heterocycles. The van der Waals surface area contributed by atoms with E-state index in [1.165, 1.54) is 4.90 Å². The molecule has 4 rings (SSSR count). The van der Waals surface area contributed by atoms with E-state index in [0.29, 0.717) is 0 Å². The molecule has 0 atom stereocenters. The van der Waals surface area contributed by atoms with Crippen LogP contribution >= 0.6 is 0 Å². The average molecular weight is 335 g/mol. The summed E-state index contributed by atoms with van der Waals surface area (Å²) in [6, 6.07) is 18.6. The molecule has 0 radical (unpaired) electrons. The van der Waals surface area contributed by atoms with Crippen LogP contribution in [-0.4, -0.2) is 54.6 Å². The summed E-state index contributed by atoms with van der Waals surface area (Å²) in [6.45, 7) is 5.02. The third-order valence-electron chi connectivity index (χ3n) is 4.95. The van der Waals surface area contributed by atoms with Crippen molar-refractivity contribution in [2.45, 2.75) is 0 Å². The SMILES string of the molecule is OCC[NH+]1CCN(c2nnc(-c3ccccc3)c3ccccc23)CC1. The quantitative estimate of drug-likeness (QED) is 0.747. The van der Waals surface area contributed by atoms with E-state index in [1.54, 1.807) is 0 Å². The van der Waals surface area contributed by atoms with Crippen molar-refractivity contribution in [1.82, 2.24) is 10.2 Å². The van der Waals surface area contributed by atoms with Crippen LogP contribution in [0.5, 0.6) is 0 Å².